The molecule has 1 fully saturated rings. The molecule has 3 N–H and O–H groups in total. The number of aliphatic hydroxyl groups excluding tert-OH is 1. The number of benzene rings is 2. The molecule has 0 atom stereocenters. The van der Waals surface area contributed by atoms with Gasteiger partial charge < -0.3 is 15.6 Å². The fourth-order valence-electron chi connectivity index (χ4n) is 4.41. The van der Waals surface area contributed by atoms with Crippen molar-refractivity contribution < 1.29 is 9.84 Å². The number of fused-ring (bicyclic) bond motifs is 1. The molecular formula is C25H26N4O2. The molecule has 5 rings (SSSR count). The molecule has 0 amide bonds. The van der Waals surface area contributed by atoms with Crippen LogP contribution in [-0.4, -0.2) is 25.6 Å². The Hall–Kier alpha value is -3.38. The largest absolute Gasteiger partial charge is 0.457 e. The maximum absolute atomic E-state index is 9.89. The van der Waals surface area contributed by atoms with Crippen molar-refractivity contribution in [3.05, 3.63) is 72.3 Å². The molecule has 0 saturated heterocycles. The van der Waals surface area contributed by atoms with E-state index in [9.17, 15) is 5.11 Å². The molecule has 0 spiro atoms. The third kappa shape index (κ3) is 3.86. The number of nitrogen functional groups attached to an aromatic ring is 1. The molecule has 6 nitrogen and oxygen atoms in total. The standard InChI is InChI=1S/C25H26N4O2/c1-16-3-2-4-21(15-16)31-20-11-7-17(8-12-20)22-23-24(26)27-13-14-29(23)25(28-22)18-5-9-19(30)10-6-18/h2-4,7-8,11-15,18-19,30H,5-6,9-10H2,1H3,(H2,26,27). The lowest BCUT2D eigenvalue weighted by molar-refractivity contribution is 0.121. The molecule has 1 aliphatic carbocycles. The van der Waals surface area contributed by atoms with E-state index in [-0.39, 0.29) is 6.10 Å². The Morgan fingerprint density at radius 2 is 1.81 bits per heavy atom. The van der Waals surface area contributed by atoms with Gasteiger partial charge in [0.15, 0.2) is 0 Å². The SMILES string of the molecule is Cc1cccc(Oc2ccc(-c3nc(C4CCC(O)CC4)n4ccnc(N)c34)cc2)c1. The van der Waals surface area contributed by atoms with Gasteiger partial charge in [-0.3, -0.25) is 4.40 Å². The first-order valence-corrected chi connectivity index (χ1v) is 10.7. The van der Waals surface area contributed by atoms with Gasteiger partial charge in [0.1, 0.15) is 34.4 Å². The molecule has 31 heavy (non-hydrogen) atoms. The fourth-order valence-corrected chi connectivity index (χ4v) is 4.41. The molecule has 2 aromatic heterocycles. The van der Waals surface area contributed by atoms with Crippen molar-refractivity contribution >= 4 is 11.3 Å². The second kappa shape index (κ2) is 8.04. The Bertz CT molecular complexity index is 1210. The third-order valence-corrected chi connectivity index (χ3v) is 6.03. The third-order valence-electron chi connectivity index (χ3n) is 6.03. The highest BCUT2D eigenvalue weighted by molar-refractivity contribution is 5.85. The molecule has 1 saturated carbocycles. The summed E-state index contributed by atoms with van der Waals surface area (Å²) in [7, 11) is 0. The minimum atomic E-state index is -0.199. The van der Waals surface area contributed by atoms with Gasteiger partial charge in [0.25, 0.3) is 0 Å². The zero-order valence-corrected chi connectivity index (χ0v) is 17.5. The van der Waals surface area contributed by atoms with Crippen LogP contribution in [0.3, 0.4) is 0 Å². The Kier molecular flexibility index (Phi) is 5.08. The van der Waals surface area contributed by atoms with E-state index in [2.05, 4.69) is 9.38 Å². The van der Waals surface area contributed by atoms with Crippen LogP contribution in [0, 0.1) is 6.92 Å². The summed E-state index contributed by atoms with van der Waals surface area (Å²) in [6.45, 7) is 2.04. The predicted molar refractivity (Wildman–Crippen MR) is 121 cm³/mol. The van der Waals surface area contributed by atoms with Gasteiger partial charge in [-0.2, -0.15) is 0 Å². The summed E-state index contributed by atoms with van der Waals surface area (Å²) < 4.78 is 8.05. The van der Waals surface area contributed by atoms with E-state index in [1.54, 1.807) is 6.20 Å². The molecule has 158 valence electrons. The smallest absolute Gasteiger partial charge is 0.150 e. The highest BCUT2D eigenvalue weighted by atomic mass is 16.5. The van der Waals surface area contributed by atoms with E-state index in [0.29, 0.717) is 11.7 Å². The van der Waals surface area contributed by atoms with Crippen molar-refractivity contribution in [2.45, 2.75) is 44.6 Å². The van der Waals surface area contributed by atoms with Gasteiger partial charge in [-0.15, -0.1) is 0 Å². The number of rotatable bonds is 4. The maximum atomic E-state index is 9.89. The second-order valence-corrected chi connectivity index (χ2v) is 8.30. The second-order valence-electron chi connectivity index (χ2n) is 8.30. The normalized spacial score (nSPS) is 18.9. The van der Waals surface area contributed by atoms with Crippen LogP contribution in [0.5, 0.6) is 11.5 Å². The lowest BCUT2D eigenvalue weighted by atomic mass is 9.87. The Morgan fingerprint density at radius 3 is 2.55 bits per heavy atom. The Balaban J connectivity index is 1.49. The number of ether oxygens (including phenoxy) is 1. The lowest BCUT2D eigenvalue weighted by Gasteiger charge is -2.24. The summed E-state index contributed by atoms with van der Waals surface area (Å²) in [4.78, 5) is 9.31. The van der Waals surface area contributed by atoms with Gasteiger partial charge in [0.05, 0.1) is 6.10 Å². The van der Waals surface area contributed by atoms with Gasteiger partial charge >= 0.3 is 0 Å². The summed E-state index contributed by atoms with van der Waals surface area (Å²) in [6.07, 6.45) is 6.90. The van der Waals surface area contributed by atoms with Crippen molar-refractivity contribution in [2.24, 2.45) is 0 Å². The number of aryl methyl sites for hydroxylation is 1. The topological polar surface area (TPSA) is 85.7 Å². The average Bonchev–Trinajstić information content (AvgIpc) is 3.16. The van der Waals surface area contributed by atoms with Gasteiger partial charge in [-0.05, 0) is 74.6 Å². The first-order chi connectivity index (χ1) is 15.1. The highest BCUT2D eigenvalue weighted by Crippen LogP contribution is 2.37. The van der Waals surface area contributed by atoms with Gasteiger partial charge in [-0.25, -0.2) is 9.97 Å². The van der Waals surface area contributed by atoms with Crippen LogP contribution >= 0.6 is 0 Å². The van der Waals surface area contributed by atoms with Crippen LogP contribution in [0.15, 0.2) is 60.9 Å². The summed E-state index contributed by atoms with van der Waals surface area (Å²) in [5, 5.41) is 9.89. The van der Waals surface area contributed by atoms with E-state index in [4.69, 9.17) is 15.5 Å². The average molecular weight is 415 g/mol. The predicted octanol–water partition coefficient (Wildman–Crippen LogP) is 5.10. The molecule has 0 radical (unpaired) electrons. The highest BCUT2D eigenvalue weighted by Gasteiger charge is 2.26. The van der Waals surface area contributed by atoms with E-state index in [0.717, 1.165) is 65.3 Å². The summed E-state index contributed by atoms with van der Waals surface area (Å²) in [5.74, 6) is 3.34. The minimum Gasteiger partial charge on any atom is -0.457 e. The number of imidazole rings is 1. The molecule has 2 heterocycles. The van der Waals surface area contributed by atoms with Crippen LogP contribution in [0.4, 0.5) is 5.82 Å². The van der Waals surface area contributed by atoms with Crippen LogP contribution in [-0.2, 0) is 0 Å². The molecule has 4 aromatic rings. The number of anilines is 1. The van der Waals surface area contributed by atoms with Crippen LogP contribution in [0.1, 0.15) is 43.0 Å². The van der Waals surface area contributed by atoms with Gasteiger partial charge in [0.2, 0.25) is 0 Å². The fraction of sp³-hybridized carbons (Fsp3) is 0.280. The summed E-state index contributed by atoms with van der Waals surface area (Å²) in [5.41, 5.74) is 10.1. The van der Waals surface area contributed by atoms with E-state index < -0.39 is 0 Å². The number of hydrogen-bond acceptors (Lipinski definition) is 5. The lowest BCUT2D eigenvalue weighted by Crippen LogP contribution is -2.18. The van der Waals surface area contributed by atoms with Crippen molar-refractivity contribution in [1.29, 1.82) is 0 Å². The van der Waals surface area contributed by atoms with Crippen molar-refractivity contribution in [1.82, 2.24) is 14.4 Å². The van der Waals surface area contributed by atoms with Crippen molar-refractivity contribution in [2.75, 3.05) is 5.73 Å². The Labute approximate surface area is 181 Å². The van der Waals surface area contributed by atoms with Crippen molar-refractivity contribution in [3.63, 3.8) is 0 Å². The molecule has 1 aliphatic rings. The number of aliphatic hydroxyl groups is 1. The molecule has 0 unspecified atom stereocenters. The van der Waals surface area contributed by atoms with E-state index >= 15 is 0 Å². The number of aromatic nitrogens is 3. The summed E-state index contributed by atoms with van der Waals surface area (Å²) in [6, 6.07) is 15.9. The molecular weight excluding hydrogens is 388 g/mol. The Morgan fingerprint density at radius 1 is 1.03 bits per heavy atom. The first kappa shape index (κ1) is 19.6. The maximum Gasteiger partial charge on any atom is 0.150 e. The zero-order chi connectivity index (χ0) is 21.4. The van der Waals surface area contributed by atoms with Crippen LogP contribution in [0.2, 0.25) is 0 Å². The minimum absolute atomic E-state index is 0.199. The van der Waals surface area contributed by atoms with Crippen molar-refractivity contribution in [3.8, 4) is 22.8 Å². The van der Waals surface area contributed by atoms with Crippen LogP contribution in [0.25, 0.3) is 16.8 Å². The zero-order valence-electron chi connectivity index (χ0n) is 17.5. The monoisotopic (exact) mass is 414 g/mol. The number of hydrogen-bond donors (Lipinski definition) is 2. The van der Waals surface area contributed by atoms with Gasteiger partial charge in [0, 0.05) is 23.9 Å². The van der Waals surface area contributed by atoms with Gasteiger partial charge in [-0.1, -0.05) is 12.1 Å². The van der Waals surface area contributed by atoms with E-state index in [1.165, 1.54) is 0 Å². The number of nitrogens with zero attached hydrogens (tertiary/aromatic N) is 3. The quantitative estimate of drug-likeness (QED) is 0.485. The van der Waals surface area contributed by atoms with E-state index in [1.807, 2.05) is 61.7 Å². The molecule has 0 aliphatic heterocycles. The number of nitrogens with two attached hydrogens (primary N) is 1. The first-order valence-electron chi connectivity index (χ1n) is 10.7. The molecule has 2 aromatic carbocycles. The van der Waals surface area contributed by atoms with Crippen LogP contribution < -0.4 is 10.5 Å². The summed E-state index contributed by atoms with van der Waals surface area (Å²) >= 11 is 0. The molecule has 6 heteroatoms. The molecule has 0 bridgehead atoms.